The van der Waals surface area contributed by atoms with Gasteiger partial charge in [-0.3, -0.25) is 19.5 Å². The number of benzene rings is 1. The Hall–Kier alpha value is -2.43. The molecule has 0 radical (unpaired) electrons. The molecule has 1 aromatic carbocycles. The monoisotopic (exact) mass is 511 g/mol. The van der Waals surface area contributed by atoms with Crippen molar-refractivity contribution >= 4 is 41.8 Å². The van der Waals surface area contributed by atoms with Crippen LogP contribution in [0.25, 0.3) is 0 Å². The van der Waals surface area contributed by atoms with E-state index in [9.17, 15) is 9.59 Å². The van der Waals surface area contributed by atoms with E-state index in [0.717, 1.165) is 17.9 Å². The van der Waals surface area contributed by atoms with E-state index in [2.05, 4.69) is 20.6 Å². The quantitative estimate of drug-likeness (QED) is 0.195. The largest absolute Gasteiger partial charge is 0.444 e. The lowest BCUT2D eigenvalue weighted by Gasteiger charge is -2.14. The van der Waals surface area contributed by atoms with E-state index >= 15 is 0 Å². The van der Waals surface area contributed by atoms with E-state index in [1.165, 1.54) is 4.90 Å². The number of nitrogens with zero attached hydrogens (tertiary/aromatic N) is 3. The number of halogens is 1. The molecule has 0 saturated heterocycles. The van der Waals surface area contributed by atoms with Gasteiger partial charge >= 0.3 is 0 Å². The van der Waals surface area contributed by atoms with E-state index in [-0.39, 0.29) is 35.8 Å². The summed E-state index contributed by atoms with van der Waals surface area (Å²) in [4.78, 5) is 34.4. The zero-order chi connectivity index (χ0) is 20.1. The zero-order valence-corrected chi connectivity index (χ0v) is 19.1. The maximum Gasteiger partial charge on any atom is 0.261 e. The minimum atomic E-state index is -0.206. The fraction of sp³-hybridized carbons (Fsp3) is 0.400. The molecule has 2 amide bonds. The molecule has 1 aromatic heterocycles. The first-order valence-corrected chi connectivity index (χ1v) is 9.34. The number of carbonyl (C=O) groups is 2. The van der Waals surface area contributed by atoms with Crippen LogP contribution < -0.4 is 10.6 Å². The third-order valence-electron chi connectivity index (χ3n) is 4.68. The average molecular weight is 511 g/mol. The van der Waals surface area contributed by atoms with Crippen LogP contribution in [0.15, 0.2) is 33.7 Å². The summed E-state index contributed by atoms with van der Waals surface area (Å²) in [7, 11) is 1.69. The molecular formula is C20H26IN5O3. The summed E-state index contributed by atoms with van der Waals surface area (Å²) in [5.74, 6) is 1.66. The van der Waals surface area contributed by atoms with Crippen LogP contribution in [-0.4, -0.2) is 47.8 Å². The lowest BCUT2D eigenvalue weighted by molar-refractivity contribution is 0.0652. The predicted molar refractivity (Wildman–Crippen MR) is 121 cm³/mol. The lowest BCUT2D eigenvalue weighted by atomic mass is 10.1. The van der Waals surface area contributed by atoms with Gasteiger partial charge in [0.05, 0.1) is 23.4 Å². The molecule has 2 N–H and O–H groups in total. The predicted octanol–water partition coefficient (Wildman–Crippen LogP) is 2.65. The number of amides is 2. The van der Waals surface area contributed by atoms with Gasteiger partial charge < -0.3 is 15.1 Å². The van der Waals surface area contributed by atoms with Crippen molar-refractivity contribution in [2.75, 3.05) is 20.1 Å². The van der Waals surface area contributed by atoms with Crippen molar-refractivity contribution in [2.24, 2.45) is 4.99 Å². The Labute approximate surface area is 187 Å². The summed E-state index contributed by atoms with van der Waals surface area (Å²) in [6.45, 7) is 5.32. The van der Waals surface area contributed by atoms with E-state index in [4.69, 9.17) is 4.42 Å². The lowest BCUT2D eigenvalue weighted by Crippen LogP contribution is -2.37. The third kappa shape index (κ3) is 5.34. The molecule has 0 fully saturated rings. The van der Waals surface area contributed by atoms with Gasteiger partial charge in [0.1, 0.15) is 5.76 Å². The van der Waals surface area contributed by atoms with Crippen molar-refractivity contribution < 1.29 is 14.0 Å². The van der Waals surface area contributed by atoms with Crippen molar-refractivity contribution in [3.05, 3.63) is 52.7 Å². The standard InChI is InChI=1S/C20H25N5O3.HI/c1-13-14(2)28-17(24-13)12-23-20(21-3)22-10-6-7-11-25-18(26)15-8-4-5-9-16(15)19(25)27;/h4-5,8-9H,6-7,10-12H2,1-3H3,(H2,21,22,23);1H. The van der Waals surface area contributed by atoms with Crippen molar-refractivity contribution in [2.45, 2.75) is 33.2 Å². The van der Waals surface area contributed by atoms with Crippen molar-refractivity contribution in [1.29, 1.82) is 0 Å². The first-order chi connectivity index (χ1) is 13.5. The fourth-order valence-electron chi connectivity index (χ4n) is 3.04. The molecule has 0 bridgehead atoms. The van der Waals surface area contributed by atoms with Crippen LogP contribution >= 0.6 is 24.0 Å². The number of aryl methyl sites for hydroxylation is 2. The number of guanidine groups is 1. The van der Waals surface area contributed by atoms with Crippen LogP contribution in [0.1, 0.15) is 50.9 Å². The number of oxazole rings is 1. The smallest absolute Gasteiger partial charge is 0.261 e. The summed E-state index contributed by atoms with van der Waals surface area (Å²) in [6.07, 6.45) is 1.51. The minimum Gasteiger partial charge on any atom is -0.444 e. The highest BCUT2D eigenvalue weighted by molar-refractivity contribution is 14.0. The number of carbonyl (C=O) groups excluding carboxylic acids is 2. The second kappa shape index (κ2) is 10.4. The normalized spacial score (nSPS) is 13.3. The summed E-state index contributed by atoms with van der Waals surface area (Å²) in [5.41, 5.74) is 1.87. The zero-order valence-electron chi connectivity index (χ0n) is 16.8. The van der Waals surface area contributed by atoms with Gasteiger partial charge in [0.2, 0.25) is 5.89 Å². The topological polar surface area (TPSA) is 99.8 Å². The van der Waals surface area contributed by atoms with Crippen molar-refractivity contribution in [1.82, 2.24) is 20.5 Å². The van der Waals surface area contributed by atoms with Gasteiger partial charge in [-0.1, -0.05) is 12.1 Å². The Morgan fingerprint density at radius 1 is 1.10 bits per heavy atom. The minimum absolute atomic E-state index is 0. The van der Waals surface area contributed by atoms with Gasteiger partial charge in [-0.15, -0.1) is 24.0 Å². The first kappa shape index (κ1) is 22.9. The number of unbranched alkanes of at least 4 members (excludes halogenated alkanes) is 1. The van der Waals surface area contributed by atoms with Crippen molar-refractivity contribution in [3.63, 3.8) is 0 Å². The Balaban J connectivity index is 0.00000300. The average Bonchev–Trinajstić information content (AvgIpc) is 3.15. The van der Waals surface area contributed by atoms with Gasteiger partial charge in [-0.05, 0) is 38.8 Å². The Morgan fingerprint density at radius 3 is 2.31 bits per heavy atom. The number of fused-ring (bicyclic) bond motifs is 1. The fourth-order valence-corrected chi connectivity index (χ4v) is 3.04. The summed E-state index contributed by atoms with van der Waals surface area (Å²) in [6, 6.07) is 6.95. The molecule has 3 rings (SSSR count). The molecule has 1 aliphatic rings. The first-order valence-electron chi connectivity index (χ1n) is 9.34. The van der Waals surface area contributed by atoms with Gasteiger partial charge in [0.15, 0.2) is 5.96 Å². The summed E-state index contributed by atoms with van der Waals surface area (Å²) >= 11 is 0. The van der Waals surface area contributed by atoms with Gasteiger partial charge in [-0.25, -0.2) is 4.98 Å². The molecule has 156 valence electrons. The van der Waals surface area contributed by atoms with Crippen LogP contribution in [-0.2, 0) is 6.54 Å². The highest BCUT2D eigenvalue weighted by Crippen LogP contribution is 2.22. The molecule has 1 aliphatic heterocycles. The maximum atomic E-state index is 12.3. The van der Waals surface area contributed by atoms with Gasteiger partial charge in [0, 0.05) is 20.1 Å². The van der Waals surface area contributed by atoms with Crippen LogP contribution in [0.4, 0.5) is 0 Å². The molecule has 2 heterocycles. The Kier molecular flexibility index (Phi) is 8.18. The second-order valence-electron chi connectivity index (χ2n) is 6.62. The molecular weight excluding hydrogens is 485 g/mol. The third-order valence-corrected chi connectivity index (χ3v) is 4.68. The molecule has 0 spiro atoms. The molecule has 0 aliphatic carbocycles. The summed E-state index contributed by atoms with van der Waals surface area (Å²) < 4.78 is 5.53. The van der Waals surface area contributed by atoms with E-state index in [1.807, 2.05) is 13.8 Å². The van der Waals surface area contributed by atoms with E-state index in [1.54, 1.807) is 31.3 Å². The molecule has 0 unspecified atom stereocenters. The maximum absolute atomic E-state index is 12.3. The van der Waals surface area contributed by atoms with Crippen LogP contribution in [0.5, 0.6) is 0 Å². The van der Waals surface area contributed by atoms with Gasteiger partial charge in [-0.2, -0.15) is 0 Å². The Morgan fingerprint density at radius 2 is 1.76 bits per heavy atom. The Bertz CT molecular complexity index is 855. The molecule has 0 saturated carbocycles. The van der Waals surface area contributed by atoms with Gasteiger partial charge in [0.25, 0.3) is 11.8 Å². The number of hydrogen-bond acceptors (Lipinski definition) is 5. The number of nitrogens with one attached hydrogen (secondary N) is 2. The molecule has 29 heavy (non-hydrogen) atoms. The number of aromatic nitrogens is 1. The molecule has 9 heteroatoms. The van der Waals surface area contributed by atoms with E-state index in [0.29, 0.717) is 49.0 Å². The van der Waals surface area contributed by atoms with E-state index < -0.39 is 0 Å². The highest BCUT2D eigenvalue weighted by Gasteiger charge is 2.34. The summed E-state index contributed by atoms with van der Waals surface area (Å²) in [5, 5.41) is 6.36. The highest BCUT2D eigenvalue weighted by atomic mass is 127. The van der Waals surface area contributed by atoms with Crippen LogP contribution in [0, 0.1) is 13.8 Å². The number of aliphatic imine (C=N–C) groups is 1. The molecule has 8 nitrogen and oxygen atoms in total. The number of imide groups is 1. The molecule has 0 atom stereocenters. The SMILES string of the molecule is CN=C(NCCCCN1C(=O)c2ccccc2C1=O)NCc1nc(C)c(C)o1.I. The number of rotatable bonds is 7. The second-order valence-corrected chi connectivity index (χ2v) is 6.62. The van der Waals surface area contributed by atoms with Crippen LogP contribution in [0.3, 0.4) is 0 Å². The van der Waals surface area contributed by atoms with Crippen LogP contribution in [0.2, 0.25) is 0 Å². The number of hydrogen-bond donors (Lipinski definition) is 2. The van der Waals surface area contributed by atoms with Crippen molar-refractivity contribution in [3.8, 4) is 0 Å². The molecule has 2 aromatic rings.